The largest absolute Gasteiger partial charge is 0.444 e. The second-order valence-electron chi connectivity index (χ2n) is 6.33. The van der Waals surface area contributed by atoms with Gasteiger partial charge in [-0.3, -0.25) is 0 Å². The molecule has 1 heterocycles. The van der Waals surface area contributed by atoms with Crippen molar-refractivity contribution in [2.24, 2.45) is 0 Å². The highest BCUT2D eigenvalue weighted by Gasteiger charge is 2.24. The lowest BCUT2D eigenvalue weighted by Gasteiger charge is -2.33. The van der Waals surface area contributed by atoms with Gasteiger partial charge in [0, 0.05) is 32.8 Å². The monoisotopic (exact) mass is 288 g/mol. The van der Waals surface area contributed by atoms with Crippen LogP contribution in [0.2, 0.25) is 0 Å². The minimum absolute atomic E-state index is 0.153. The van der Waals surface area contributed by atoms with Crippen LogP contribution in [0.25, 0.3) is 0 Å². The smallest absolute Gasteiger partial charge is 0.407 e. The molecule has 6 heteroatoms. The number of methoxy groups -OCH3 is 1. The summed E-state index contributed by atoms with van der Waals surface area (Å²) in [4.78, 5) is 13.9. The highest BCUT2D eigenvalue weighted by Crippen LogP contribution is 2.12. The average Bonchev–Trinajstić information content (AvgIpc) is 2.29. The predicted molar refractivity (Wildman–Crippen MR) is 76.7 cm³/mol. The van der Waals surface area contributed by atoms with E-state index in [0.29, 0.717) is 13.2 Å². The lowest BCUT2D eigenvalue weighted by molar-refractivity contribution is 0.0279. The van der Waals surface area contributed by atoms with Crippen molar-refractivity contribution in [3.8, 4) is 0 Å². The number of likely N-dealkylation sites (tertiary alicyclic amines) is 1. The standard InChI is InChI=1S/C14H28N2O4/c1-14(2,3)20-13(18)15-11-5-7-16(8-6-11)9-12(17)10-19-4/h11-12,17H,5-10H2,1-4H3,(H,15,18)/t12-/m1/s1. The first-order chi connectivity index (χ1) is 9.30. The van der Waals surface area contributed by atoms with Crippen LogP contribution in [0, 0.1) is 0 Å². The summed E-state index contributed by atoms with van der Waals surface area (Å²) in [6, 6.07) is 0.153. The lowest BCUT2D eigenvalue weighted by Crippen LogP contribution is -2.47. The van der Waals surface area contributed by atoms with Crippen molar-refractivity contribution in [3.63, 3.8) is 0 Å². The number of carbonyl (C=O) groups is 1. The zero-order valence-electron chi connectivity index (χ0n) is 13.0. The molecule has 1 aliphatic heterocycles. The minimum atomic E-state index is -0.463. The number of aliphatic hydroxyl groups is 1. The van der Waals surface area contributed by atoms with E-state index in [4.69, 9.17) is 9.47 Å². The van der Waals surface area contributed by atoms with E-state index in [1.807, 2.05) is 20.8 Å². The van der Waals surface area contributed by atoms with E-state index >= 15 is 0 Å². The third kappa shape index (κ3) is 7.07. The summed E-state index contributed by atoms with van der Waals surface area (Å²) in [5.41, 5.74) is -0.463. The van der Waals surface area contributed by atoms with Crippen LogP contribution < -0.4 is 5.32 Å². The first-order valence-electron chi connectivity index (χ1n) is 7.19. The Morgan fingerprint density at radius 3 is 2.50 bits per heavy atom. The highest BCUT2D eigenvalue weighted by atomic mass is 16.6. The fourth-order valence-electron chi connectivity index (χ4n) is 2.28. The molecule has 0 unspecified atom stereocenters. The van der Waals surface area contributed by atoms with Crippen LogP contribution in [-0.2, 0) is 9.47 Å². The molecule has 0 aromatic heterocycles. The third-order valence-corrected chi connectivity index (χ3v) is 3.14. The Morgan fingerprint density at radius 1 is 1.40 bits per heavy atom. The zero-order valence-corrected chi connectivity index (χ0v) is 13.0. The van der Waals surface area contributed by atoms with Crippen LogP contribution in [-0.4, -0.2) is 67.2 Å². The van der Waals surface area contributed by atoms with Gasteiger partial charge in [-0.05, 0) is 33.6 Å². The number of piperidine rings is 1. The maximum absolute atomic E-state index is 11.7. The van der Waals surface area contributed by atoms with Crippen LogP contribution in [0.3, 0.4) is 0 Å². The minimum Gasteiger partial charge on any atom is -0.444 e. The molecule has 1 atom stereocenters. The molecule has 118 valence electrons. The number of aliphatic hydroxyl groups excluding tert-OH is 1. The van der Waals surface area contributed by atoms with E-state index in [0.717, 1.165) is 25.9 Å². The summed E-state index contributed by atoms with van der Waals surface area (Å²) in [5.74, 6) is 0. The van der Waals surface area contributed by atoms with Crippen molar-refractivity contribution < 1.29 is 19.4 Å². The summed E-state index contributed by atoms with van der Waals surface area (Å²) in [7, 11) is 1.58. The number of amides is 1. The van der Waals surface area contributed by atoms with E-state index in [2.05, 4.69) is 10.2 Å². The van der Waals surface area contributed by atoms with Crippen LogP contribution in [0.1, 0.15) is 33.6 Å². The van der Waals surface area contributed by atoms with Gasteiger partial charge in [-0.1, -0.05) is 0 Å². The van der Waals surface area contributed by atoms with Gasteiger partial charge >= 0.3 is 6.09 Å². The second-order valence-corrected chi connectivity index (χ2v) is 6.33. The molecule has 1 saturated heterocycles. The number of nitrogens with one attached hydrogen (secondary N) is 1. The number of hydrogen-bond acceptors (Lipinski definition) is 5. The number of nitrogens with zero attached hydrogens (tertiary/aromatic N) is 1. The zero-order chi connectivity index (χ0) is 15.2. The summed E-state index contributed by atoms with van der Waals surface area (Å²) in [5, 5.41) is 12.6. The Hall–Kier alpha value is -0.850. The summed E-state index contributed by atoms with van der Waals surface area (Å²) >= 11 is 0. The maximum atomic E-state index is 11.7. The molecule has 0 aliphatic carbocycles. The Kier molecular flexibility index (Phi) is 6.71. The van der Waals surface area contributed by atoms with Crippen molar-refractivity contribution in [2.75, 3.05) is 33.4 Å². The fourth-order valence-corrected chi connectivity index (χ4v) is 2.28. The lowest BCUT2D eigenvalue weighted by atomic mass is 10.0. The van der Waals surface area contributed by atoms with Gasteiger partial charge in [0.1, 0.15) is 5.60 Å². The number of alkyl carbamates (subject to hydrolysis) is 1. The van der Waals surface area contributed by atoms with Crippen molar-refractivity contribution in [1.29, 1.82) is 0 Å². The quantitative estimate of drug-likeness (QED) is 0.789. The first-order valence-corrected chi connectivity index (χ1v) is 7.19. The molecular weight excluding hydrogens is 260 g/mol. The summed E-state index contributed by atoms with van der Waals surface area (Å²) in [6.07, 6.45) is 0.948. The Morgan fingerprint density at radius 2 is 2.00 bits per heavy atom. The van der Waals surface area contributed by atoms with E-state index in [1.54, 1.807) is 7.11 Å². The third-order valence-electron chi connectivity index (χ3n) is 3.14. The Balaban J connectivity index is 2.23. The van der Waals surface area contributed by atoms with Gasteiger partial charge in [-0.25, -0.2) is 4.79 Å². The van der Waals surface area contributed by atoms with Gasteiger partial charge in [0.15, 0.2) is 0 Å². The van der Waals surface area contributed by atoms with Crippen molar-refractivity contribution in [3.05, 3.63) is 0 Å². The second kappa shape index (κ2) is 7.81. The average molecular weight is 288 g/mol. The van der Waals surface area contributed by atoms with Gasteiger partial charge in [-0.15, -0.1) is 0 Å². The predicted octanol–water partition coefficient (Wildman–Crippen LogP) is 0.983. The van der Waals surface area contributed by atoms with E-state index in [-0.39, 0.29) is 12.1 Å². The van der Waals surface area contributed by atoms with Gasteiger partial charge in [0.05, 0.1) is 12.7 Å². The topological polar surface area (TPSA) is 71.0 Å². The number of carbonyl (C=O) groups excluding carboxylic acids is 1. The first kappa shape index (κ1) is 17.2. The number of β-amino-alcohol motifs (C(OH)–C–C–N with tert-alkyl or cyclic N) is 1. The molecule has 1 rings (SSSR count). The molecule has 0 spiro atoms. The molecule has 0 aromatic carbocycles. The molecule has 1 fully saturated rings. The fraction of sp³-hybridized carbons (Fsp3) is 0.929. The summed E-state index contributed by atoms with van der Waals surface area (Å²) < 4.78 is 10.2. The van der Waals surface area contributed by atoms with E-state index < -0.39 is 11.7 Å². The van der Waals surface area contributed by atoms with Gasteiger partial charge in [0.25, 0.3) is 0 Å². The van der Waals surface area contributed by atoms with Crippen LogP contribution in [0.15, 0.2) is 0 Å². The number of hydrogen-bond donors (Lipinski definition) is 2. The molecule has 1 amide bonds. The van der Waals surface area contributed by atoms with E-state index in [1.165, 1.54) is 0 Å². The molecule has 20 heavy (non-hydrogen) atoms. The molecule has 0 bridgehead atoms. The van der Waals surface area contributed by atoms with Crippen LogP contribution in [0.4, 0.5) is 4.79 Å². The Labute approximate surface area is 121 Å². The van der Waals surface area contributed by atoms with Crippen molar-refractivity contribution in [1.82, 2.24) is 10.2 Å². The van der Waals surface area contributed by atoms with Crippen molar-refractivity contribution in [2.45, 2.75) is 51.4 Å². The number of ether oxygens (including phenoxy) is 2. The van der Waals surface area contributed by atoms with Crippen molar-refractivity contribution >= 4 is 6.09 Å². The van der Waals surface area contributed by atoms with Gasteiger partial charge in [0.2, 0.25) is 0 Å². The van der Waals surface area contributed by atoms with E-state index in [9.17, 15) is 9.90 Å². The summed E-state index contributed by atoms with van der Waals surface area (Å²) in [6.45, 7) is 8.26. The maximum Gasteiger partial charge on any atom is 0.407 e. The molecule has 0 saturated carbocycles. The Bertz CT molecular complexity index is 296. The SMILES string of the molecule is COC[C@H](O)CN1CCC(NC(=O)OC(C)(C)C)CC1. The molecule has 0 aromatic rings. The van der Waals surface area contributed by atoms with Gasteiger partial charge in [-0.2, -0.15) is 0 Å². The molecule has 6 nitrogen and oxygen atoms in total. The van der Waals surface area contributed by atoms with Crippen LogP contribution in [0.5, 0.6) is 0 Å². The molecule has 2 N–H and O–H groups in total. The molecule has 1 aliphatic rings. The molecule has 0 radical (unpaired) electrons. The highest BCUT2D eigenvalue weighted by molar-refractivity contribution is 5.68. The molecular formula is C14H28N2O4. The van der Waals surface area contributed by atoms with Gasteiger partial charge < -0.3 is 24.8 Å². The number of rotatable bonds is 5. The normalized spacial score (nSPS) is 19.6. The van der Waals surface area contributed by atoms with Crippen LogP contribution >= 0.6 is 0 Å².